The predicted octanol–water partition coefficient (Wildman–Crippen LogP) is -1.26. The van der Waals surface area contributed by atoms with Gasteiger partial charge in [0.15, 0.2) is 0 Å². The highest BCUT2D eigenvalue weighted by Crippen LogP contribution is 1.89. The number of hydrogen-bond donors (Lipinski definition) is 0. The lowest BCUT2D eigenvalue weighted by molar-refractivity contribution is -0.138. The van der Waals surface area contributed by atoms with E-state index in [0.717, 1.165) is 38.3 Å². The lowest BCUT2D eigenvalue weighted by Gasteiger charge is -2.12. The van der Waals surface area contributed by atoms with Crippen molar-refractivity contribution in [3.8, 4) is 0 Å². The molecule has 2 rings (SSSR count). The van der Waals surface area contributed by atoms with Gasteiger partial charge in [-0.05, 0) is 0 Å². The summed E-state index contributed by atoms with van der Waals surface area (Å²) < 4.78 is 18.8. The minimum absolute atomic E-state index is 0.0478. The third kappa shape index (κ3) is 10.6. The molecular formula is C30H36N6O12. The van der Waals surface area contributed by atoms with E-state index in [1.165, 1.54) is 18.2 Å². The average molecular weight is 673 g/mol. The normalized spacial score (nSPS) is 10.3. The Bertz CT molecular complexity index is 1760. The smallest absolute Gasteiger partial charge is 0.340 e. The van der Waals surface area contributed by atoms with Gasteiger partial charge < -0.3 is 14.2 Å². The lowest BCUT2D eigenvalue weighted by Crippen LogP contribution is -2.54. The number of aromatic nitrogens is 6. The van der Waals surface area contributed by atoms with Gasteiger partial charge in [-0.25, -0.2) is 65.8 Å². The molecule has 0 aromatic carbocycles. The Morgan fingerprint density at radius 1 is 0.583 bits per heavy atom. The highest BCUT2D eigenvalue weighted by Gasteiger charge is 2.16. The molecule has 0 aliphatic rings. The van der Waals surface area contributed by atoms with Crippen molar-refractivity contribution >= 4 is 24.1 Å². The predicted molar refractivity (Wildman–Crippen MR) is 173 cm³/mol. The van der Waals surface area contributed by atoms with Gasteiger partial charge in [0, 0.05) is 18.6 Å². The van der Waals surface area contributed by atoms with Crippen LogP contribution in [0.25, 0.3) is 6.20 Å². The fraction of sp³-hybridized carbons (Fsp3) is 0.300. The first-order valence-electron chi connectivity index (χ1n) is 14.0. The molecule has 18 heteroatoms. The summed E-state index contributed by atoms with van der Waals surface area (Å²) in [6, 6.07) is 0. The Balaban J connectivity index is 0.000000544. The van der Waals surface area contributed by atoms with Crippen LogP contribution >= 0.6 is 0 Å². The van der Waals surface area contributed by atoms with Crippen molar-refractivity contribution < 1.29 is 28.6 Å². The first kappa shape index (κ1) is 39.7. The van der Waals surface area contributed by atoms with E-state index in [9.17, 15) is 43.2 Å². The quantitative estimate of drug-likeness (QED) is 0.0634. The van der Waals surface area contributed by atoms with Crippen LogP contribution in [0.2, 0.25) is 0 Å². The Kier molecular flexibility index (Phi) is 16.5. The summed E-state index contributed by atoms with van der Waals surface area (Å²) in [7, 11) is 0. The number of carbonyl (C=O) groups is 3. The summed E-state index contributed by atoms with van der Waals surface area (Å²) in [6.07, 6.45) is 7.82. The third-order valence-corrected chi connectivity index (χ3v) is 5.81. The largest absolute Gasteiger partial charge is 0.461 e. The maximum Gasteiger partial charge on any atom is 0.340 e. The van der Waals surface area contributed by atoms with Crippen LogP contribution < -0.4 is 34.1 Å². The number of allylic oxidation sites excluding steroid dienone is 3. The molecule has 0 aliphatic heterocycles. The van der Waals surface area contributed by atoms with E-state index in [1.54, 1.807) is 6.92 Å². The van der Waals surface area contributed by atoms with Crippen LogP contribution in [0.1, 0.15) is 13.3 Å². The van der Waals surface area contributed by atoms with Crippen molar-refractivity contribution in [3.05, 3.63) is 132 Å². The first-order valence-corrected chi connectivity index (χ1v) is 14.0. The number of ether oxygens (including phenoxy) is 3. The van der Waals surface area contributed by atoms with E-state index in [-0.39, 0.29) is 52.4 Å². The molecule has 48 heavy (non-hydrogen) atoms. The van der Waals surface area contributed by atoms with Crippen molar-refractivity contribution in [2.24, 2.45) is 0 Å². The van der Waals surface area contributed by atoms with Gasteiger partial charge in [-0.2, -0.15) is 0 Å². The second-order valence-electron chi connectivity index (χ2n) is 8.94. The van der Waals surface area contributed by atoms with E-state index in [0.29, 0.717) is 13.7 Å². The minimum Gasteiger partial charge on any atom is -0.461 e. The number of carbonyl (C=O) groups excluding carboxylic acids is 3. The molecule has 0 fully saturated rings. The fourth-order valence-electron chi connectivity index (χ4n) is 3.54. The number of esters is 3. The average Bonchev–Trinajstić information content (AvgIpc) is 3.07. The molecule has 0 atom stereocenters. The topological polar surface area (TPSA) is 211 Å². The summed E-state index contributed by atoms with van der Waals surface area (Å²) in [5.41, 5.74) is -5.10. The number of rotatable bonds is 17. The first-order chi connectivity index (χ1) is 22.8. The van der Waals surface area contributed by atoms with Crippen LogP contribution in [0, 0.1) is 0 Å². The van der Waals surface area contributed by atoms with Crippen LogP contribution in [-0.4, -0.2) is 58.5 Å². The van der Waals surface area contributed by atoms with Crippen LogP contribution in [0.5, 0.6) is 0 Å². The van der Waals surface area contributed by atoms with Crippen molar-refractivity contribution in [2.75, 3.05) is 13.2 Å². The van der Waals surface area contributed by atoms with E-state index < -0.39 is 52.0 Å². The van der Waals surface area contributed by atoms with E-state index in [2.05, 4.69) is 32.9 Å². The van der Waals surface area contributed by atoms with Gasteiger partial charge in [-0.15, -0.1) is 19.7 Å². The summed E-state index contributed by atoms with van der Waals surface area (Å²) in [5.74, 6) is -2.14. The summed E-state index contributed by atoms with van der Waals surface area (Å²) in [4.78, 5) is 107. The molecule has 0 radical (unpaired) electrons. The third-order valence-electron chi connectivity index (χ3n) is 5.81. The maximum absolute atomic E-state index is 12.6. The molecule has 0 N–H and O–H groups in total. The van der Waals surface area contributed by atoms with E-state index >= 15 is 0 Å². The number of nitrogens with zero attached hydrogens (tertiary/aromatic N) is 6. The fourth-order valence-corrected chi connectivity index (χ4v) is 3.54. The van der Waals surface area contributed by atoms with Gasteiger partial charge in [0.1, 0.15) is 19.5 Å². The molecule has 0 amide bonds. The van der Waals surface area contributed by atoms with Gasteiger partial charge in [0.25, 0.3) is 0 Å². The second kappa shape index (κ2) is 19.9. The van der Waals surface area contributed by atoms with E-state index in [4.69, 9.17) is 14.2 Å². The lowest BCUT2D eigenvalue weighted by atomic mass is 10.5. The molecule has 2 aromatic heterocycles. The van der Waals surface area contributed by atoms with Crippen LogP contribution in [0.15, 0.2) is 98.3 Å². The van der Waals surface area contributed by atoms with Gasteiger partial charge in [-0.3, -0.25) is 4.79 Å². The Labute approximate surface area is 271 Å². The van der Waals surface area contributed by atoms with Gasteiger partial charge >= 0.3 is 52.0 Å². The number of hydrogen-bond acceptors (Lipinski definition) is 12. The van der Waals surface area contributed by atoms with Crippen molar-refractivity contribution in [3.63, 3.8) is 0 Å². The van der Waals surface area contributed by atoms with Crippen molar-refractivity contribution in [2.45, 2.75) is 46.1 Å². The van der Waals surface area contributed by atoms with E-state index in [1.807, 2.05) is 0 Å². The van der Waals surface area contributed by atoms with Gasteiger partial charge in [0.2, 0.25) is 0 Å². The van der Waals surface area contributed by atoms with Crippen LogP contribution in [0.4, 0.5) is 0 Å². The molecule has 0 aliphatic carbocycles. The summed E-state index contributed by atoms with van der Waals surface area (Å²) in [5, 5.41) is 0. The molecule has 0 unspecified atom stereocenters. The molecule has 2 aromatic rings. The second-order valence-corrected chi connectivity index (χ2v) is 8.94. The molecular weight excluding hydrogens is 636 g/mol. The molecule has 0 saturated heterocycles. The minimum atomic E-state index is -1.05. The monoisotopic (exact) mass is 672 g/mol. The zero-order chi connectivity index (χ0) is 36.4. The summed E-state index contributed by atoms with van der Waals surface area (Å²) in [6.45, 7) is 17.1. The molecule has 258 valence electrons. The molecule has 0 bridgehead atoms. The van der Waals surface area contributed by atoms with Crippen molar-refractivity contribution in [1.29, 1.82) is 0 Å². The highest BCUT2D eigenvalue weighted by atomic mass is 16.5. The zero-order valence-electron chi connectivity index (χ0n) is 26.3. The highest BCUT2D eigenvalue weighted by molar-refractivity contribution is 5.81. The standard InChI is InChI=1S/C18H21N3O9.C12H15N3O3/c1-4-13(22)28-10-7-19-16(25)20(8-11-29-14(23)5-2)18(27)21(17(19)26)9-12-30-15(24)6-3;1-4-7-13-10(16)14(8-5-2)12(18)15(9-6-3)11(13)17/h4-5,9,12H,1-2,6-8,10-11H2,3H3;4-6H,1-3,7-9H2/b12-9-;. The summed E-state index contributed by atoms with van der Waals surface area (Å²) >= 11 is 0. The van der Waals surface area contributed by atoms with Gasteiger partial charge in [-0.1, -0.05) is 38.3 Å². The Morgan fingerprint density at radius 2 is 0.938 bits per heavy atom. The van der Waals surface area contributed by atoms with Crippen LogP contribution in [-0.2, 0) is 61.3 Å². The van der Waals surface area contributed by atoms with Crippen LogP contribution in [0.3, 0.4) is 0 Å². The molecule has 2 heterocycles. The molecule has 0 spiro atoms. The molecule has 18 nitrogen and oxygen atoms in total. The molecule has 0 saturated carbocycles. The van der Waals surface area contributed by atoms with Gasteiger partial charge in [0.05, 0.1) is 38.9 Å². The SMILES string of the molecule is C=CC(=O)OCCn1c(=O)n(/C=C\OC(=O)CC)c(=O)n(CCOC(=O)C=C)c1=O.C=CCn1c(=O)n(CC=C)c(=O)n(CC=C)c1=O. The Morgan fingerprint density at radius 3 is 1.25 bits per heavy atom. The van der Waals surface area contributed by atoms with Crippen molar-refractivity contribution in [1.82, 2.24) is 27.4 Å². The zero-order valence-corrected chi connectivity index (χ0v) is 26.3. The maximum atomic E-state index is 12.6. The Hall–Kier alpha value is -6.33.